The second-order valence-electron chi connectivity index (χ2n) is 7.12. The Labute approximate surface area is 134 Å². The lowest BCUT2D eigenvalue weighted by Gasteiger charge is -2.33. The van der Waals surface area contributed by atoms with Crippen molar-refractivity contribution in [1.82, 2.24) is 0 Å². The zero-order chi connectivity index (χ0) is 14.8. The molecular weight excluding hydrogens is 342 g/mol. The van der Waals surface area contributed by atoms with Gasteiger partial charge in [0.1, 0.15) is 0 Å². The molecule has 0 saturated carbocycles. The summed E-state index contributed by atoms with van der Waals surface area (Å²) in [6.45, 7) is 8.38. The Morgan fingerprint density at radius 2 is 0.833 bits per heavy atom. The molecule has 0 aliphatic carbocycles. The smallest absolute Gasteiger partial charge is 0.145 e. The monoisotopic (exact) mass is 366 g/mol. The van der Waals surface area contributed by atoms with Gasteiger partial charge in [-0.3, -0.25) is 0 Å². The van der Waals surface area contributed by atoms with Crippen molar-refractivity contribution in [2.75, 3.05) is 0 Å². The van der Waals surface area contributed by atoms with Crippen molar-refractivity contribution in [3.63, 3.8) is 0 Å². The van der Waals surface area contributed by atoms with Gasteiger partial charge in [0.15, 0.2) is 0 Å². The molecule has 110 valence electrons. The predicted octanol–water partition coefficient (Wildman–Crippen LogP) is 7.21. The first-order valence-electron chi connectivity index (χ1n) is 6.46. The molecule has 0 unspecified atom stereocenters. The van der Waals surface area contributed by atoms with Gasteiger partial charge < -0.3 is 0 Å². The lowest BCUT2D eigenvalue weighted by Crippen LogP contribution is -2.33. The summed E-state index contributed by atoms with van der Waals surface area (Å²) in [5.74, 6) is 0. The van der Waals surface area contributed by atoms with E-state index in [1.807, 2.05) is 0 Å². The SMILES string of the molecule is CC(C)(C)[Si](Cl)(Cl)CCCC[Si](Cl)(Cl)C(C)(C)C. The largest absolute Gasteiger partial charge is 0.256 e. The molecule has 0 N–H and O–H groups in total. The summed E-state index contributed by atoms with van der Waals surface area (Å²) in [4.78, 5) is 0. The number of hydrogen-bond acceptors (Lipinski definition) is 0. The van der Waals surface area contributed by atoms with E-state index in [-0.39, 0.29) is 10.1 Å². The lowest BCUT2D eigenvalue weighted by molar-refractivity contribution is 0.713. The maximum Gasteiger partial charge on any atom is 0.256 e. The first-order valence-corrected chi connectivity index (χ1v) is 14.9. The number of hydrogen-bond donors (Lipinski definition) is 0. The summed E-state index contributed by atoms with van der Waals surface area (Å²) in [5, 5.41) is 0.0488. The molecule has 0 radical (unpaired) electrons. The van der Waals surface area contributed by atoms with Gasteiger partial charge in [-0.05, 0) is 22.2 Å². The van der Waals surface area contributed by atoms with Crippen molar-refractivity contribution < 1.29 is 0 Å². The van der Waals surface area contributed by atoms with Crippen LogP contribution in [0.15, 0.2) is 0 Å². The van der Waals surface area contributed by atoms with Gasteiger partial charge in [-0.1, -0.05) is 54.4 Å². The Balaban J connectivity index is 4.17. The molecule has 0 nitrogen and oxygen atoms in total. The fourth-order valence-corrected chi connectivity index (χ4v) is 5.94. The van der Waals surface area contributed by atoms with Crippen LogP contribution in [-0.4, -0.2) is 13.4 Å². The Morgan fingerprint density at radius 3 is 1.00 bits per heavy atom. The summed E-state index contributed by atoms with van der Waals surface area (Å²) < 4.78 is 0. The standard InChI is InChI=1S/C12H26Cl4Si2/c1-11(2,3)17(13,14)9-7-8-10-18(15,16)12(4,5)6/h7-10H2,1-6H3. The molecule has 0 aromatic carbocycles. The van der Waals surface area contributed by atoms with Crippen LogP contribution in [0.1, 0.15) is 54.4 Å². The van der Waals surface area contributed by atoms with E-state index in [0.717, 1.165) is 24.9 Å². The first-order chi connectivity index (χ1) is 7.71. The minimum Gasteiger partial charge on any atom is -0.145 e. The average molecular weight is 368 g/mol. The van der Waals surface area contributed by atoms with Crippen LogP contribution < -0.4 is 0 Å². The van der Waals surface area contributed by atoms with Gasteiger partial charge >= 0.3 is 0 Å². The van der Waals surface area contributed by atoms with E-state index < -0.39 is 13.4 Å². The van der Waals surface area contributed by atoms with Crippen LogP contribution in [0.3, 0.4) is 0 Å². The molecular formula is C12H26Cl4Si2. The molecule has 0 fully saturated rings. The van der Waals surface area contributed by atoms with Gasteiger partial charge in [0.2, 0.25) is 0 Å². The number of halogens is 4. The lowest BCUT2D eigenvalue weighted by atomic mass is 10.2. The summed E-state index contributed by atoms with van der Waals surface area (Å²) in [6, 6.07) is 1.84. The third kappa shape index (κ3) is 5.93. The summed E-state index contributed by atoms with van der Waals surface area (Å²) >= 11 is 26.0. The van der Waals surface area contributed by atoms with Gasteiger partial charge in [0.25, 0.3) is 13.4 Å². The van der Waals surface area contributed by atoms with Crippen molar-refractivity contribution >= 4 is 57.7 Å². The highest BCUT2D eigenvalue weighted by atomic mass is 35.7. The molecule has 18 heavy (non-hydrogen) atoms. The zero-order valence-electron chi connectivity index (χ0n) is 12.3. The van der Waals surface area contributed by atoms with Crippen LogP contribution in [0.5, 0.6) is 0 Å². The quantitative estimate of drug-likeness (QED) is 0.273. The van der Waals surface area contributed by atoms with E-state index in [1.165, 1.54) is 0 Å². The normalized spacial score (nSPS) is 15.0. The summed E-state index contributed by atoms with van der Waals surface area (Å²) in [6.07, 6.45) is 2.06. The molecule has 0 aliphatic heterocycles. The van der Waals surface area contributed by atoms with Crippen molar-refractivity contribution in [2.45, 2.75) is 76.5 Å². The van der Waals surface area contributed by atoms with Crippen molar-refractivity contribution in [2.24, 2.45) is 0 Å². The van der Waals surface area contributed by atoms with Crippen LogP contribution in [0.4, 0.5) is 0 Å². The number of unbranched alkanes of at least 4 members (excludes halogenated alkanes) is 1. The Kier molecular flexibility index (Phi) is 7.15. The van der Waals surface area contributed by atoms with E-state index >= 15 is 0 Å². The molecule has 0 heterocycles. The molecule has 0 rings (SSSR count). The highest BCUT2D eigenvalue weighted by Gasteiger charge is 2.43. The Morgan fingerprint density at radius 1 is 0.611 bits per heavy atom. The second-order valence-corrected chi connectivity index (χ2v) is 22.8. The minimum atomic E-state index is -2.17. The fraction of sp³-hybridized carbons (Fsp3) is 1.00. The van der Waals surface area contributed by atoms with Crippen LogP contribution in [0.25, 0.3) is 0 Å². The van der Waals surface area contributed by atoms with Gasteiger partial charge in [-0.15, -0.1) is 44.3 Å². The fourth-order valence-electron chi connectivity index (χ4n) is 1.44. The molecule has 0 aromatic rings. The van der Waals surface area contributed by atoms with Gasteiger partial charge in [0, 0.05) is 0 Å². The highest BCUT2D eigenvalue weighted by molar-refractivity contribution is 7.47. The third-order valence-corrected chi connectivity index (χ3v) is 18.8. The van der Waals surface area contributed by atoms with Gasteiger partial charge in [-0.25, -0.2) is 0 Å². The molecule has 6 heteroatoms. The number of rotatable bonds is 5. The van der Waals surface area contributed by atoms with E-state index in [1.54, 1.807) is 0 Å². The van der Waals surface area contributed by atoms with E-state index in [4.69, 9.17) is 44.3 Å². The van der Waals surface area contributed by atoms with Crippen LogP contribution >= 0.6 is 44.3 Å². The van der Waals surface area contributed by atoms with Gasteiger partial charge in [-0.2, -0.15) is 0 Å². The summed E-state index contributed by atoms with van der Waals surface area (Å²) in [7, 11) is 0. The molecule has 0 atom stereocenters. The van der Waals surface area contributed by atoms with Crippen LogP contribution in [0, 0.1) is 0 Å². The molecule has 0 amide bonds. The summed E-state index contributed by atoms with van der Waals surface area (Å²) in [5.41, 5.74) is 0. The topological polar surface area (TPSA) is 0 Å². The molecule has 0 spiro atoms. The third-order valence-electron chi connectivity index (χ3n) is 3.43. The van der Waals surface area contributed by atoms with E-state index in [0.29, 0.717) is 0 Å². The van der Waals surface area contributed by atoms with Crippen LogP contribution in [0.2, 0.25) is 22.2 Å². The molecule has 0 bridgehead atoms. The van der Waals surface area contributed by atoms with Crippen molar-refractivity contribution in [3.05, 3.63) is 0 Å². The minimum absolute atomic E-state index is 0.0244. The highest BCUT2D eigenvalue weighted by Crippen LogP contribution is 2.48. The Hall–Kier alpha value is 1.59. The van der Waals surface area contributed by atoms with Gasteiger partial charge in [0.05, 0.1) is 0 Å². The van der Waals surface area contributed by atoms with E-state index in [2.05, 4.69) is 41.5 Å². The first kappa shape index (κ1) is 19.6. The maximum absolute atomic E-state index is 6.50. The molecule has 0 saturated heterocycles. The van der Waals surface area contributed by atoms with E-state index in [9.17, 15) is 0 Å². The zero-order valence-corrected chi connectivity index (χ0v) is 17.4. The van der Waals surface area contributed by atoms with Crippen molar-refractivity contribution in [1.29, 1.82) is 0 Å². The molecule has 0 aliphatic rings. The second kappa shape index (κ2) is 6.57. The predicted molar refractivity (Wildman–Crippen MR) is 93.2 cm³/mol. The Bertz CT molecular complexity index is 236. The maximum atomic E-state index is 6.50. The van der Waals surface area contributed by atoms with Crippen molar-refractivity contribution in [3.8, 4) is 0 Å². The average Bonchev–Trinajstić information content (AvgIpc) is 2.08. The van der Waals surface area contributed by atoms with Crippen LogP contribution in [-0.2, 0) is 0 Å². The molecule has 0 aromatic heterocycles.